The number of methoxy groups -OCH3 is 1. The van der Waals surface area contributed by atoms with Gasteiger partial charge in [0.2, 0.25) is 5.91 Å². The van der Waals surface area contributed by atoms with Crippen LogP contribution < -0.4 is 25.4 Å². The van der Waals surface area contributed by atoms with Crippen molar-refractivity contribution < 1.29 is 23.9 Å². The maximum Gasteiger partial charge on any atom is 0.272 e. The van der Waals surface area contributed by atoms with Gasteiger partial charge in [-0.15, -0.1) is 23.1 Å². The van der Waals surface area contributed by atoms with Crippen molar-refractivity contribution in [3.63, 3.8) is 0 Å². The Kier molecular flexibility index (Phi) is 11.4. The maximum absolute atomic E-state index is 13.5. The van der Waals surface area contributed by atoms with Gasteiger partial charge in [0.15, 0.2) is 5.13 Å². The molecule has 0 saturated carbocycles. The molecular weight excluding hydrogens is 633 g/mol. The molecule has 9 nitrogen and oxygen atoms in total. The zero-order chi connectivity index (χ0) is 33.0. The largest absolute Gasteiger partial charge is 0.497 e. The second kappa shape index (κ2) is 16.3. The summed E-state index contributed by atoms with van der Waals surface area (Å²) in [5, 5.41) is 10.9. The molecule has 0 spiro atoms. The molecule has 1 heterocycles. The molecule has 3 N–H and O–H groups in total. The fourth-order valence-electron chi connectivity index (χ4n) is 4.33. The SMILES string of the molecule is CCOc1ccc(/C=C(/NC(=O)c2ccccc2)C(=O)Nc2cccc(SCC(=O)Nc3nc(-c4ccc(OC)cc4)cs3)c2)cc1. The molecule has 11 heteroatoms. The lowest BCUT2D eigenvalue weighted by Crippen LogP contribution is -2.30. The Balaban J connectivity index is 1.22. The van der Waals surface area contributed by atoms with Crippen LogP contribution in [0.25, 0.3) is 17.3 Å². The zero-order valence-corrected chi connectivity index (χ0v) is 27.3. The third-order valence-corrected chi connectivity index (χ3v) is 8.38. The molecule has 0 radical (unpaired) electrons. The topological polar surface area (TPSA) is 119 Å². The summed E-state index contributed by atoms with van der Waals surface area (Å²) in [6.07, 6.45) is 1.60. The molecular formula is C36H32N4O5S2. The van der Waals surface area contributed by atoms with Crippen LogP contribution in [0.5, 0.6) is 11.5 Å². The molecule has 1 aromatic heterocycles. The Morgan fingerprint density at radius 2 is 1.62 bits per heavy atom. The molecule has 0 atom stereocenters. The van der Waals surface area contributed by atoms with E-state index in [0.29, 0.717) is 34.3 Å². The van der Waals surface area contributed by atoms with Crippen LogP contribution >= 0.6 is 23.1 Å². The van der Waals surface area contributed by atoms with E-state index in [2.05, 4.69) is 20.9 Å². The van der Waals surface area contributed by atoms with Crippen molar-refractivity contribution in [2.24, 2.45) is 0 Å². The Hall–Kier alpha value is -5.39. The minimum Gasteiger partial charge on any atom is -0.497 e. The third kappa shape index (κ3) is 9.55. The normalized spacial score (nSPS) is 11.0. The Morgan fingerprint density at radius 1 is 0.872 bits per heavy atom. The van der Waals surface area contributed by atoms with Crippen molar-refractivity contribution >= 4 is 57.7 Å². The Morgan fingerprint density at radius 3 is 2.34 bits per heavy atom. The van der Waals surface area contributed by atoms with Crippen LogP contribution in [0.3, 0.4) is 0 Å². The van der Waals surface area contributed by atoms with Crippen molar-refractivity contribution in [3.05, 3.63) is 125 Å². The fraction of sp³-hybridized carbons (Fsp3) is 0.111. The fourth-order valence-corrected chi connectivity index (χ4v) is 5.82. The number of hydrogen-bond acceptors (Lipinski definition) is 8. The monoisotopic (exact) mass is 664 g/mol. The van der Waals surface area contributed by atoms with Crippen LogP contribution in [-0.2, 0) is 9.59 Å². The number of amides is 3. The van der Waals surface area contributed by atoms with E-state index < -0.39 is 11.8 Å². The van der Waals surface area contributed by atoms with Gasteiger partial charge in [0, 0.05) is 27.1 Å². The second-order valence-electron chi connectivity index (χ2n) is 9.97. The first-order valence-electron chi connectivity index (χ1n) is 14.6. The molecule has 5 rings (SSSR count). The highest BCUT2D eigenvalue weighted by Gasteiger charge is 2.16. The van der Waals surface area contributed by atoms with E-state index in [0.717, 1.165) is 21.9 Å². The van der Waals surface area contributed by atoms with Crippen molar-refractivity contribution in [2.75, 3.05) is 30.1 Å². The molecule has 0 aliphatic carbocycles. The number of rotatable bonds is 13. The highest BCUT2D eigenvalue weighted by atomic mass is 32.2. The number of anilines is 2. The van der Waals surface area contributed by atoms with Crippen LogP contribution in [0, 0.1) is 0 Å². The van der Waals surface area contributed by atoms with E-state index in [1.807, 2.05) is 48.7 Å². The lowest BCUT2D eigenvalue weighted by atomic mass is 10.1. The quantitative estimate of drug-likeness (QED) is 0.0889. The molecule has 47 heavy (non-hydrogen) atoms. The molecule has 0 bridgehead atoms. The number of thioether (sulfide) groups is 1. The minimum atomic E-state index is -0.500. The van der Waals surface area contributed by atoms with Gasteiger partial charge in [-0.25, -0.2) is 4.98 Å². The summed E-state index contributed by atoms with van der Waals surface area (Å²) < 4.78 is 10.7. The maximum atomic E-state index is 13.5. The summed E-state index contributed by atoms with van der Waals surface area (Å²) in [5.41, 5.74) is 3.39. The first kappa shape index (κ1) is 33.0. The number of nitrogens with one attached hydrogen (secondary N) is 3. The molecule has 4 aromatic carbocycles. The Labute approximate surface area is 281 Å². The van der Waals surface area contributed by atoms with Crippen molar-refractivity contribution in [3.8, 4) is 22.8 Å². The molecule has 238 valence electrons. The summed E-state index contributed by atoms with van der Waals surface area (Å²) in [5.74, 6) is 0.490. The lowest BCUT2D eigenvalue weighted by Gasteiger charge is -2.12. The lowest BCUT2D eigenvalue weighted by molar-refractivity contribution is -0.114. The van der Waals surface area contributed by atoms with Crippen LogP contribution in [0.1, 0.15) is 22.8 Å². The van der Waals surface area contributed by atoms with Gasteiger partial charge in [0.25, 0.3) is 11.8 Å². The zero-order valence-electron chi connectivity index (χ0n) is 25.7. The first-order valence-corrected chi connectivity index (χ1v) is 16.5. The van der Waals surface area contributed by atoms with Gasteiger partial charge in [0.05, 0.1) is 25.2 Å². The highest BCUT2D eigenvalue weighted by Crippen LogP contribution is 2.27. The number of hydrogen-bond donors (Lipinski definition) is 3. The molecule has 0 fully saturated rings. The van der Waals surface area contributed by atoms with Crippen molar-refractivity contribution in [1.82, 2.24) is 10.3 Å². The average molecular weight is 665 g/mol. The van der Waals surface area contributed by atoms with Crippen LogP contribution in [0.4, 0.5) is 10.8 Å². The molecule has 0 aliphatic rings. The second-order valence-corrected chi connectivity index (χ2v) is 11.9. The van der Waals surface area contributed by atoms with E-state index in [9.17, 15) is 14.4 Å². The summed E-state index contributed by atoms with van der Waals surface area (Å²) in [4.78, 5) is 44.5. The van der Waals surface area contributed by atoms with Crippen molar-refractivity contribution in [1.29, 1.82) is 0 Å². The number of thiazole rings is 1. The standard InChI is InChI=1S/C36H32N4O5S2/c1-3-45-29-16-12-24(13-17-29)20-31(38-34(42)26-8-5-4-6-9-26)35(43)37-27-10-7-11-30(21-27)46-23-33(41)40-36-39-32(22-47-36)25-14-18-28(44-2)19-15-25/h4-22H,3,23H2,1-2H3,(H,37,43)(H,38,42)(H,39,40,41)/b31-20+. The number of ether oxygens (including phenoxy) is 2. The van der Waals surface area contributed by atoms with E-state index in [-0.39, 0.29) is 17.4 Å². The number of nitrogens with zero attached hydrogens (tertiary/aromatic N) is 1. The molecule has 0 saturated heterocycles. The number of carbonyl (C=O) groups excluding carboxylic acids is 3. The number of aromatic nitrogens is 1. The van der Waals surface area contributed by atoms with E-state index in [1.165, 1.54) is 23.1 Å². The van der Waals surface area contributed by atoms with Gasteiger partial charge in [0.1, 0.15) is 17.2 Å². The summed E-state index contributed by atoms with van der Waals surface area (Å²) in [6, 6.07) is 30.6. The van der Waals surface area contributed by atoms with Crippen LogP contribution in [0.2, 0.25) is 0 Å². The smallest absolute Gasteiger partial charge is 0.272 e. The molecule has 3 amide bonds. The van der Waals surface area contributed by atoms with E-state index in [4.69, 9.17) is 9.47 Å². The highest BCUT2D eigenvalue weighted by molar-refractivity contribution is 8.00. The van der Waals surface area contributed by atoms with E-state index >= 15 is 0 Å². The van der Waals surface area contributed by atoms with Gasteiger partial charge in [-0.05, 0) is 85.3 Å². The van der Waals surface area contributed by atoms with Gasteiger partial charge >= 0.3 is 0 Å². The predicted molar refractivity (Wildman–Crippen MR) is 188 cm³/mol. The van der Waals surface area contributed by atoms with E-state index in [1.54, 1.807) is 79.9 Å². The first-order chi connectivity index (χ1) is 22.9. The minimum absolute atomic E-state index is 0.0675. The van der Waals surface area contributed by atoms with Gasteiger partial charge in [-0.3, -0.25) is 14.4 Å². The van der Waals surface area contributed by atoms with Gasteiger partial charge in [-0.2, -0.15) is 0 Å². The average Bonchev–Trinajstić information content (AvgIpc) is 3.57. The van der Waals surface area contributed by atoms with Crippen LogP contribution in [0.15, 0.2) is 119 Å². The third-order valence-electron chi connectivity index (χ3n) is 6.63. The van der Waals surface area contributed by atoms with Crippen molar-refractivity contribution in [2.45, 2.75) is 11.8 Å². The molecule has 0 unspecified atom stereocenters. The number of carbonyl (C=O) groups is 3. The predicted octanol–water partition coefficient (Wildman–Crippen LogP) is 7.36. The van der Waals surface area contributed by atoms with Gasteiger partial charge in [-0.1, -0.05) is 36.4 Å². The van der Waals surface area contributed by atoms with Gasteiger partial charge < -0.3 is 25.4 Å². The van der Waals surface area contributed by atoms with Crippen LogP contribution in [-0.4, -0.2) is 42.2 Å². The summed E-state index contributed by atoms with van der Waals surface area (Å²) >= 11 is 2.67. The molecule has 5 aromatic rings. The summed E-state index contributed by atoms with van der Waals surface area (Å²) in [6.45, 7) is 2.44. The summed E-state index contributed by atoms with van der Waals surface area (Å²) in [7, 11) is 1.62. The number of benzene rings is 4. The molecule has 0 aliphatic heterocycles. The Bertz CT molecular complexity index is 1860.